The van der Waals surface area contributed by atoms with Crippen LogP contribution in [0.1, 0.15) is 0 Å². The van der Waals surface area contributed by atoms with Crippen LogP contribution in [0, 0.1) is 0 Å². The van der Waals surface area contributed by atoms with Gasteiger partial charge >= 0.3 is 0 Å². The number of hydrogen-bond donors (Lipinski definition) is 2. The highest BCUT2D eigenvalue weighted by molar-refractivity contribution is 5.89. The number of nitrogens with zero attached hydrogens (tertiary/aromatic N) is 4. The number of rotatable bonds is 4. The van der Waals surface area contributed by atoms with Gasteiger partial charge in [0.05, 0.1) is 23.8 Å². The fourth-order valence-corrected chi connectivity index (χ4v) is 1.91. The van der Waals surface area contributed by atoms with Gasteiger partial charge in [0.15, 0.2) is 5.65 Å². The number of fused-ring (bicyclic) bond motifs is 1. The average Bonchev–Trinajstić information content (AvgIpc) is 2.90. The predicted octanol–water partition coefficient (Wildman–Crippen LogP) is 0.713. The van der Waals surface area contributed by atoms with Gasteiger partial charge < -0.3 is 11.1 Å². The van der Waals surface area contributed by atoms with Crippen LogP contribution in [0.5, 0.6) is 0 Å². The minimum absolute atomic E-state index is 0.0165. The van der Waals surface area contributed by atoms with E-state index >= 15 is 0 Å². The first-order chi connectivity index (χ1) is 9.75. The normalized spacial score (nSPS) is 10.6. The highest BCUT2D eigenvalue weighted by atomic mass is 16.1. The molecule has 7 nitrogen and oxygen atoms in total. The van der Waals surface area contributed by atoms with E-state index in [1.165, 1.54) is 6.33 Å². The molecular formula is C13H12N6O. The van der Waals surface area contributed by atoms with E-state index in [1.807, 2.05) is 30.3 Å². The zero-order valence-corrected chi connectivity index (χ0v) is 10.5. The van der Waals surface area contributed by atoms with Crippen LogP contribution in [-0.2, 0) is 4.79 Å². The first-order valence-electron chi connectivity index (χ1n) is 6.02. The average molecular weight is 268 g/mol. The van der Waals surface area contributed by atoms with Crippen molar-refractivity contribution in [2.45, 2.75) is 0 Å². The summed E-state index contributed by atoms with van der Waals surface area (Å²) in [6.07, 6.45) is 3.08. The first-order valence-corrected chi connectivity index (χ1v) is 6.02. The maximum absolute atomic E-state index is 10.8. The Morgan fingerprint density at radius 1 is 1.25 bits per heavy atom. The van der Waals surface area contributed by atoms with Crippen molar-refractivity contribution >= 4 is 22.8 Å². The Balaban J connectivity index is 2.06. The SMILES string of the molecule is NC(=O)CNc1ncnc2c1cnn2-c1ccccc1. The molecule has 0 radical (unpaired) electrons. The molecule has 100 valence electrons. The van der Waals surface area contributed by atoms with E-state index < -0.39 is 5.91 Å². The first kappa shape index (κ1) is 12.1. The van der Waals surface area contributed by atoms with E-state index in [0.29, 0.717) is 11.5 Å². The van der Waals surface area contributed by atoms with E-state index in [2.05, 4.69) is 20.4 Å². The van der Waals surface area contributed by atoms with Crippen molar-refractivity contribution in [3.05, 3.63) is 42.9 Å². The molecule has 7 heteroatoms. The van der Waals surface area contributed by atoms with Crippen LogP contribution in [0.25, 0.3) is 16.7 Å². The number of benzene rings is 1. The van der Waals surface area contributed by atoms with Crippen molar-refractivity contribution in [3.8, 4) is 5.69 Å². The molecule has 0 aliphatic rings. The van der Waals surface area contributed by atoms with Crippen molar-refractivity contribution in [1.29, 1.82) is 0 Å². The molecule has 0 aliphatic carbocycles. The molecule has 1 aromatic carbocycles. The lowest BCUT2D eigenvalue weighted by Crippen LogP contribution is -2.22. The number of carbonyl (C=O) groups is 1. The minimum atomic E-state index is -0.452. The Morgan fingerprint density at radius 3 is 2.80 bits per heavy atom. The molecule has 1 amide bonds. The maximum Gasteiger partial charge on any atom is 0.236 e. The Bertz CT molecular complexity index is 752. The quantitative estimate of drug-likeness (QED) is 0.726. The Labute approximate surface area is 114 Å². The van der Waals surface area contributed by atoms with Gasteiger partial charge in [0.25, 0.3) is 0 Å². The van der Waals surface area contributed by atoms with E-state index in [9.17, 15) is 4.79 Å². The van der Waals surface area contributed by atoms with Crippen molar-refractivity contribution in [3.63, 3.8) is 0 Å². The third-order valence-corrected chi connectivity index (χ3v) is 2.80. The minimum Gasteiger partial charge on any atom is -0.368 e. The lowest BCUT2D eigenvalue weighted by Gasteiger charge is -2.05. The molecule has 2 heterocycles. The molecular weight excluding hydrogens is 256 g/mol. The lowest BCUT2D eigenvalue weighted by molar-refractivity contribution is -0.116. The Hall–Kier alpha value is -2.96. The van der Waals surface area contributed by atoms with E-state index in [-0.39, 0.29) is 6.54 Å². The molecule has 0 aliphatic heterocycles. The van der Waals surface area contributed by atoms with Crippen LogP contribution >= 0.6 is 0 Å². The van der Waals surface area contributed by atoms with Gasteiger partial charge in [-0.3, -0.25) is 4.79 Å². The molecule has 3 N–H and O–H groups in total. The smallest absolute Gasteiger partial charge is 0.236 e. The van der Waals surface area contributed by atoms with Crippen LogP contribution in [0.2, 0.25) is 0 Å². The molecule has 0 bridgehead atoms. The van der Waals surface area contributed by atoms with Crippen LogP contribution in [-0.4, -0.2) is 32.2 Å². The van der Waals surface area contributed by atoms with E-state index in [0.717, 1.165) is 11.1 Å². The summed E-state index contributed by atoms with van der Waals surface area (Å²) in [4.78, 5) is 19.2. The zero-order valence-electron chi connectivity index (χ0n) is 10.5. The number of nitrogens with two attached hydrogens (primary N) is 1. The largest absolute Gasteiger partial charge is 0.368 e. The molecule has 20 heavy (non-hydrogen) atoms. The van der Waals surface area contributed by atoms with E-state index in [4.69, 9.17) is 5.73 Å². The summed E-state index contributed by atoms with van der Waals surface area (Å²) in [6, 6.07) is 9.66. The second kappa shape index (κ2) is 4.96. The third-order valence-electron chi connectivity index (χ3n) is 2.80. The van der Waals surface area contributed by atoms with Crippen molar-refractivity contribution in [2.75, 3.05) is 11.9 Å². The second-order valence-corrected chi connectivity index (χ2v) is 4.17. The molecule has 2 aromatic heterocycles. The van der Waals surface area contributed by atoms with Crippen LogP contribution in [0.3, 0.4) is 0 Å². The summed E-state index contributed by atoms with van der Waals surface area (Å²) in [5, 5.41) is 7.92. The molecule has 0 unspecified atom stereocenters. The van der Waals surface area contributed by atoms with Crippen LogP contribution in [0.4, 0.5) is 5.82 Å². The van der Waals surface area contributed by atoms with Crippen LogP contribution < -0.4 is 11.1 Å². The third kappa shape index (κ3) is 2.16. The Morgan fingerprint density at radius 2 is 2.05 bits per heavy atom. The maximum atomic E-state index is 10.8. The molecule has 0 atom stereocenters. The lowest BCUT2D eigenvalue weighted by atomic mass is 10.3. The number of aromatic nitrogens is 4. The number of para-hydroxylation sites is 1. The number of hydrogen-bond acceptors (Lipinski definition) is 5. The van der Waals surface area contributed by atoms with Crippen molar-refractivity contribution < 1.29 is 4.79 Å². The second-order valence-electron chi connectivity index (χ2n) is 4.17. The van der Waals surface area contributed by atoms with Gasteiger partial charge in [0.2, 0.25) is 5.91 Å². The van der Waals surface area contributed by atoms with Gasteiger partial charge in [-0.15, -0.1) is 0 Å². The highest BCUT2D eigenvalue weighted by Gasteiger charge is 2.10. The van der Waals surface area contributed by atoms with Crippen LogP contribution in [0.15, 0.2) is 42.9 Å². The molecule has 0 fully saturated rings. The summed E-state index contributed by atoms with van der Waals surface area (Å²) in [5.74, 6) is 0.0863. The highest BCUT2D eigenvalue weighted by Crippen LogP contribution is 2.21. The van der Waals surface area contributed by atoms with Crippen molar-refractivity contribution in [2.24, 2.45) is 5.73 Å². The fourth-order valence-electron chi connectivity index (χ4n) is 1.91. The molecule has 0 spiro atoms. The number of anilines is 1. The summed E-state index contributed by atoms with van der Waals surface area (Å²) < 4.78 is 1.71. The molecule has 3 rings (SSSR count). The Kier molecular flexibility index (Phi) is 3.00. The zero-order chi connectivity index (χ0) is 13.9. The van der Waals surface area contributed by atoms with Gasteiger partial charge in [-0.1, -0.05) is 18.2 Å². The molecule has 3 aromatic rings. The number of amides is 1. The monoisotopic (exact) mass is 268 g/mol. The van der Waals surface area contributed by atoms with Gasteiger partial charge in [-0.25, -0.2) is 14.6 Å². The summed E-state index contributed by atoms with van der Waals surface area (Å²) >= 11 is 0. The number of nitrogens with one attached hydrogen (secondary N) is 1. The summed E-state index contributed by atoms with van der Waals surface area (Å²) in [5.41, 5.74) is 6.68. The van der Waals surface area contributed by atoms with Gasteiger partial charge in [0, 0.05) is 0 Å². The van der Waals surface area contributed by atoms with Gasteiger partial charge in [0.1, 0.15) is 12.1 Å². The van der Waals surface area contributed by atoms with Gasteiger partial charge in [-0.05, 0) is 12.1 Å². The predicted molar refractivity (Wildman–Crippen MR) is 74.3 cm³/mol. The summed E-state index contributed by atoms with van der Waals surface area (Å²) in [7, 11) is 0. The summed E-state index contributed by atoms with van der Waals surface area (Å²) in [6.45, 7) is 0.0165. The molecule has 0 saturated heterocycles. The fraction of sp³-hybridized carbons (Fsp3) is 0.0769. The number of carbonyl (C=O) groups excluding carboxylic acids is 1. The van der Waals surface area contributed by atoms with Crippen molar-refractivity contribution in [1.82, 2.24) is 19.7 Å². The number of primary amides is 1. The standard InChI is InChI=1S/C13H12N6O/c14-11(20)7-15-12-10-6-18-19(13(10)17-8-16-12)9-4-2-1-3-5-9/h1-6,8H,7H2,(H2,14,20)(H,15,16,17). The molecule has 0 saturated carbocycles. The van der Waals surface area contributed by atoms with Gasteiger partial charge in [-0.2, -0.15) is 5.10 Å². The topological polar surface area (TPSA) is 98.7 Å². The van der Waals surface area contributed by atoms with E-state index in [1.54, 1.807) is 10.9 Å².